The second kappa shape index (κ2) is 6.52. The van der Waals surface area contributed by atoms with Crippen molar-refractivity contribution < 1.29 is 4.79 Å². The van der Waals surface area contributed by atoms with Crippen molar-refractivity contribution in [3.63, 3.8) is 0 Å². The summed E-state index contributed by atoms with van der Waals surface area (Å²) < 4.78 is 1.90. The lowest BCUT2D eigenvalue weighted by Gasteiger charge is -2.14. The zero-order chi connectivity index (χ0) is 17.3. The predicted octanol–water partition coefficient (Wildman–Crippen LogP) is 1.87. The number of aryl methyl sites for hydroxylation is 3. The van der Waals surface area contributed by atoms with Gasteiger partial charge >= 0.3 is 0 Å². The van der Waals surface area contributed by atoms with Crippen LogP contribution in [0.3, 0.4) is 0 Å². The quantitative estimate of drug-likeness (QED) is 0.735. The Morgan fingerprint density at radius 1 is 1.42 bits per heavy atom. The first kappa shape index (κ1) is 16.3. The van der Waals surface area contributed by atoms with E-state index in [1.54, 1.807) is 0 Å². The van der Waals surface area contributed by atoms with Crippen LogP contribution in [0.4, 0.5) is 0 Å². The smallest absolute Gasteiger partial charge is 0.263 e. The number of carbonyl (C=O) groups is 1. The molecule has 0 fully saturated rings. The molecule has 3 heterocycles. The maximum Gasteiger partial charge on any atom is 0.263 e. The number of aromatic nitrogens is 6. The number of thiazole rings is 1. The topological polar surface area (TPSA) is 101 Å². The normalized spacial score (nSPS) is 12.3. The van der Waals surface area contributed by atoms with Crippen LogP contribution in [0.15, 0.2) is 12.4 Å². The summed E-state index contributed by atoms with van der Waals surface area (Å²) in [6.07, 6.45) is 1.42. The Bertz CT molecular complexity index is 849. The SMILES string of the molecule is Cc1cc(C)n(C[C@H](C)NC(=O)c2sc(-c3ncn[nH]3)nc2C)n1. The van der Waals surface area contributed by atoms with Crippen LogP contribution in [0.2, 0.25) is 0 Å². The van der Waals surface area contributed by atoms with E-state index in [4.69, 9.17) is 0 Å². The highest BCUT2D eigenvalue weighted by Gasteiger charge is 2.19. The van der Waals surface area contributed by atoms with Gasteiger partial charge in [0.1, 0.15) is 11.2 Å². The summed E-state index contributed by atoms with van der Waals surface area (Å²) in [6.45, 7) is 8.36. The van der Waals surface area contributed by atoms with Crippen LogP contribution in [0.25, 0.3) is 10.8 Å². The molecule has 2 N–H and O–H groups in total. The Balaban J connectivity index is 1.69. The fourth-order valence-electron chi connectivity index (χ4n) is 2.47. The van der Waals surface area contributed by atoms with Crippen LogP contribution in [-0.4, -0.2) is 41.9 Å². The highest BCUT2D eigenvalue weighted by molar-refractivity contribution is 7.17. The lowest BCUT2D eigenvalue weighted by molar-refractivity contribution is 0.0939. The highest BCUT2D eigenvalue weighted by atomic mass is 32.1. The Morgan fingerprint density at radius 3 is 2.83 bits per heavy atom. The third-order valence-corrected chi connectivity index (χ3v) is 4.71. The van der Waals surface area contributed by atoms with Gasteiger partial charge in [0.15, 0.2) is 10.8 Å². The summed E-state index contributed by atoms with van der Waals surface area (Å²) in [6, 6.07) is 1.97. The van der Waals surface area contributed by atoms with Crippen LogP contribution in [-0.2, 0) is 6.54 Å². The molecular weight excluding hydrogens is 326 g/mol. The molecule has 0 bridgehead atoms. The summed E-state index contributed by atoms with van der Waals surface area (Å²) in [7, 11) is 0. The molecule has 1 atom stereocenters. The lowest BCUT2D eigenvalue weighted by atomic mass is 10.3. The number of nitrogens with one attached hydrogen (secondary N) is 2. The Morgan fingerprint density at radius 2 is 2.21 bits per heavy atom. The van der Waals surface area contributed by atoms with E-state index < -0.39 is 0 Å². The van der Waals surface area contributed by atoms with Gasteiger partial charge in [0.2, 0.25) is 0 Å². The van der Waals surface area contributed by atoms with E-state index in [0.29, 0.717) is 27.9 Å². The zero-order valence-electron chi connectivity index (χ0n) is 14.0. The minimum absolute atomic E-state index is 0.0503. The minimum Gasteiger partial charge on any atom is -0.347 e. The van der Waals surface area contributed by atoms with Gasteiger partial charge in [0, 0.05) is 11.7 Å². The average molecular weight is 345 g/mol. The van der Waals surface area contributed by atoms with Crippen molar-refractivity contribution in [2.24, 2.45) is 0 Å². The van der Waals surface area contributed by atoms with E-state index in [1.807, 2.05) is 38.4 Å². The second-order valence-electron chi connectivity index (χ2n) is 5.75. The third kappa shape index (κ3) is 3.35. The first-order valence-corrected chi connectivity index (χ1v) is 8.40. The molecule has 3 aromatic rings. The summed E-state index contributed by atoms with van der Waals surface area (Å²) in [5.74, 6) is 0.433. The van der Waals surface area contributed by atoms with Gasteiger partial charge in [-0.1, -0.05) is 0 Å². The number of H-pyrrole nitrogens is 1. The monoisotopic (exact) mass is 345 g/mol. The number of hydrogen-bond donors (Lipinski definition) is 2. The van der Waals surface area contributed by atoms with Crippen molar-refractivity contribution in [3.05, 3.63) is 34.4 Å². The lowest BCUT2D eigenvalue weighted by Crippen LogP contribution is -2.36. The first-order chi connectivity index (χ1) is 11.4. The van der Waals surface area contributed by atoms with E-state index in [0.717, 1.165) is 11.4 Å². The van der Waals surface area contributed by atoms with Crippen molar-refractivity contribution in [2.75, 3.05) is 0 Å². The number of hydrogen-bond acceptors (Lipinski definition) is 6. The van der Waals surface area contributed by atoms with Gasteiger partial charge in [-0.25, -0.2) is 9.97 Å². The summed E-state index contributed by atoms with van der Waals surface area (Å²) in [4.78, 5) is 21.6. The number of carbonyl (C=O) groups excluding carboxylic acids is 1. The van der Waals surface area contributed by atoms with Crippen LogP contribution >= 0.6 is 11.3 Å². The molecule has 24 heavy (non-hydrogen) atoms. The average Bonchev–Trinajstić information content (AvgIpc) is 3.20. The van der Waals surface area contributed by atoms with Crippen molar-refractivity contribution >= 4 is 17.2 Å². The molecule has 0 aliphatic rings. The zero-order valence-corrected chi connectivity index (χ0v) is 14.8. The largest absolute Gasteiger partial charge is 0.347 e. The van der Waals surface area contributed by atoms with Crippen LogP contribution in [0.5, 0.6) is 0 Å². The molecule has 0 saturated heterocycles. The Hall–Kier alpha value is -2.55. The summed E-state index contributed by atoms with van der Waals surface area (Å²) in [5, 5.41) is 14.6. The molecule has 9 heteroatoms. The van der Waals surface area contributed by atoms with Crippen molar-refractivity contribution in [3.8, 4) is 10.8 Å². The van der Waals surface area contributed by atoms with Crippen molar-refractivity contribution in [1.29, 1.82) is 0 Å². The van der Waals surface area contributed by atoms with Gasteiger partial charge in [0.25, 0.3) is 5.91 Å². The minimum atomic E-state index is -0.134. The van der Waals surface area contributed by atoms with Gasteiger partial charge in [-0.05, 0) is 33.8 Å². The standard InChI is InChI=1S/C15H19N7OS/c1-8-5-10(3)22(21-8)6-9(2)18-14(23)12-11(4)19-15(24-12)13-16-7-17-20-13/h5,7,9H,6H2,1-4H3,(H,18,23)(H,16,17,20)/t9-/m0/s1. The molecule has 8 nitrogen and oxygen atoms in total. The molecule has 3 rings (SSSR count). The molecule has 126 valence electrons. The molecule has 0 unspecified atom stereocenters. The van der Waals surface area contributed by atoms with Gasteiger partial charge in [-0.3, -0.25) is 14.6 Å². The fourth-order valence-corrected chi connectivity index (χ4v) is 3.39. The molecule has 0 spiro atoms. The number of rotatable bonds is 5. The summed E-state index contributed by atoms with van der Waals surface area (Å²) >= 11 is 1.30. The van der Waals surface area contributed by atoms with Gasteiger partial charge in [-0.2, -0.15) is 10.2 Å². The first-order valence-electron chi connectivity index (χ1n) is 7.59. The van der Waals surface area contributed by atoms with Crippen molar-refractivity contribution in [2.45, 2.75) is 40.3 Å². The molecule has 0 aliphatic heterocycles. The molecule has 0 radical (unpaired) electrons. The Labute approximate surface area is 143 Å². The Kier molecular flexibility index (Phi) is 4.43. The number of nitrogens with zero attached hydrogens (tertiary/aromatic N) is 5. The number of aromatic amines is 1. The molecule has 1 amide bonds. The van der Waals surface area contributed by atoms with E-state index in [-0.39, 0.29) is 11.9 Å². The van der Waals surface area contributed by atoms with E-state index in [9.17, 15) is 4.79 Å². The summed E-state index contributed by atoms with van der Waals surface area (Å²) in [5.41, 5.74) is 2.73. The molecule has 0 aliphatic carbocycles. The fraction of sp³-hybridized carbons (Fsp3) is 0.400. The van der Waals surface area contributed by atoms with Gasteiger partial charge < -0.3 is 5.32 Å². The maximum atomic E-state index is 12.5. The van der Waals surface area contributed by atoms with E-state index in [2.05, 4.69) is 30.6 Å². The van der Waals surface area contributed by atoms with Gasteiger partial charge in [-0.15, -0.1) is 11.3 Å². The molecular formula is C15H19N7OS. The van der Waals surface area contributed by atoms with E-state index in [1.165, 1.54) is 17.7 Å². The maximum absolute atomic E-state index is 12.5. The van der Waals surface area contributed by atoms with Crippen LogP contribution < -0.4 is 5.32 Å². The predicted molar refractivity (Wildman–Crippen MR) is 90.9 cm³/mol. The van der Waals surface area contributed by atoms with Crippen LogP contribution in [0, 0.1) is 20.8 Å². The molecule has 0 saturated carbocycles. The second-order valence-corrected chi connectivity index (χ2v) is 6.75. The number of amides is 1. The van der Waals surface area contributed by atoms with E-state index >= 15 is 0 Å². The molecule has 0 aromatic carbocycles. The third-order valence-electron chi connectivity index (χ3n) is 3.55. The van der Waals surface area contributed by atoms with Gasteiger partial charge in [0.05, 0.1) is 17.9 Å². The highest BCUT2D eigenvalue weighted by Crippen LogP contribution is 2.25. The van der Waals surface area contributed by atoms with Crippen molar-refractivity contribution in [1.82, 2.24) is 35.3 Å². The molecule has 3 aromatic heterocycles. The van der Waals surface area contributed by atoms with Crippen LogP contribution in [0.1, 0.15) is 33.7 Å².